The van der Waals surface area contributed by atoms with E-state index in [2.05, 4.69) is 41.4 Å². The molecule has 1 aromatic rings. The van der Waals surface area contributed by atoms with E-state index < -0.39 is 0 Å². The van der Waals surface area contributed by atoms with Gasteiger partial charge in [-0.1, -0.05) is 29.8 Å². The lowest BCUT2D eigenvalue weighted by atomic mass is 9.80. The Morgan fingerprint density at radius 3 is 2.43 bits per heavy atom. The monoisotopic (exact) mass is 381 g/mol. The van der Waals surface area contributed by atoms with Gasteiger partial charge in [0.15, 0.2) is 0 Å². The van der Waals surface area contributed by atoms with Crippen molar-refractivity contribution in [3.05, 3.63) is 35.4 Å². The van der Waals surface area contributed by atoms with Crippen molar-refractivity contribution in [1.29, 1.82) is 0 Å². The molecule has 5 nitrogen and oxygen atoms in total. The number of nitrogens with zero attached hydrogens (tertiary/aromatic N) is 2. The van der Waals surface area contributed by atoms with Gasteiger partial charge in [0.2, 0.25) is 11.8 Å². The summed E-state index contributed by atoms with van der Waals surface area (Å²) in [4.78, 5) is 29.8. The van der Waals surface area contributed by atoms with E-state index in [-0.39, 0.29) is 23.8 Å². The highest BCUT2D eigenvalue weighted by atomic mass is 16.2. The second-order valence-electron chi connectivity index (χ2n) is 9.58. The van der Waals surface area contributed by atoms with Gasteiger partial charge in [0.1, 0.15) is 0 Å². The molecule has 1 N–H and O–H groups in total. The zero-order valence-electron chi connectivity index (χ0n) is 16.8. The summed E-state index contributed by atoms with van der Waals surface area (Å²) < 4.78 is 0. The summed E-state index contributed by atoms with van der Waals surface area (Å²) in [5, 5.41) is 3.01. The van der Waals surface area contributed by atoms with Gasteiger partial charge in [0, 0.05) is 32.7 Å². The Hall–Kier alpha value is -1.88. The quantitative estimate of drug-likeness (QED) is 0.851. The van der Waals surface area contributed by atoms with E-state index in [4.69, 9.17) is 0 Å². The smallest absolute Gasteiger partial charge is 0.242 e. The van der Waals surface area contributed by atoms with Gasteiger partial charge < -0.3 is 10.2 Å². The Labute approximate surface area is 167 Å². The lowest BCUT2D eigenvalue weighted by Crippen LogP contribution is -2.52. The number of amides is 2. The third-order valence-electron chi connectivity index (χ3n) is 7.94. The maximum atomic E-state index is 12.8. The number of aryl methyl sites for hydroxylation is 1. The van der Waals surface area contributed by atoms with Crippen LogP contribution in [0.15, 0.2) is 24.3 Å². The summed E-state index contributed by atoms with van der Waals surface area (Å²) in [6.45, 7) is 6.50. The number of rotatable bonds is 5. The standard InChI is InChI=1S/C23H31N3O2/c1-16-3-2-4-17(9-16)15-25-5-7-26(8-6-25)21(27)14-24-22(28)23-12-18-10-20(23)11-19(18)13-23/h2-4,9,18-20H,5-8,10-15H2,1H3,(H,24,28). The minimum atomic E-state index is -0.123. The van der Waals surface area contributed by atoms with Crippen molar-refractivity contribution in [3.63, 3.8) is 0 Å². The molecule has 0 aromatic heterocycles. The normalized spacial score (nSPS) is 33.6. The van der Waals surface area contributed by atoms with Crippen molar-refractivity contribution in [3.8, 4) is 0 Å². The topological polar surface area (TPSA) is 52.6 Å². The largest absolute Gasteiger partial charge is 0.347 e. The molecule has 0 radical (unpaired) electrons. The van der Waals surface area contributed by atoms with Gasteiger partial charge in [-0.05, 0) is 55.9 Å². The summed E-state index contributed by atoms with van der Waals surface area (Å²) in [6.07, 6.45) is 4.63. The number of piperazine rings is 1. The van der Waals surface area contributed by atoms with E-state index in [0.29, 0.717) is 5.92 Å². The predicted molar refractivity (Wildman–Crippen MR) is 107 cm³/mol. The minimum absolute atomic E-state index is 0.0693. The van der Waals surface area contributed by atoms with Gasteiger partial charge >= 0.3 is 0 Å². The molecule has 1 aliphatic heterocycles. The third kappa shape index (κ3) is 3.04. The molecule has 1 saturated heterocycles. The maximum absolute atomic E-state index is 12.8. The fourth-order valence-corrected chi connectivity index (χ4v) is 6.55. The maximum Gasteiger partial charge on any atom is 0.242 e. The first-order valence-corrected chi connectivity index (χ1v) is 10.9. The van der Waals surface area contributed by atoms with Crippen molar-refractivity contribution >= 4 is 11.8 Å². The molecule has 28 heavy (non-hydrogen) atoms. The van der Waals surface area contributed by atoms with Crippen LogP contribution in [0, 0.1) is 30.1 Å². The zero-order chi connectivity index (χ0) is 19.3. The van der Waals surface area contributed by atoms with Crippen LogP contribution in [0.2, 0.25) is 0 Å². The van der Waals surface area contributed by atoms with Crippen molar-refractivity contribution in [1.82, 2.24) is 15.1 Å². The van der Waals surface area contributed by atoms with Crippen molar-refractivity contribution < 1.29 is 9.59 Å². The van der Waals surface area contributed by atoms with Gasteiger partial charge in [0.25, 0.3) is 0 Å². The summed E-state index contributed by atoms with van der Waals surface area (Å²) in [5.74, 6) is 2.38. The Balaban J connectivity index is 1.08. The highest BCUT2D eigenvalue weighted by Crippen LogP contribution is 2.69. The van der Waals surface area contributed by atoms with Gasteiger partial charge in [-0.25, -0.2) is 0 Å². The van der Waals surface area contributed by atoms with Crippen molar-refractivity contribution in [2.24, 2.45) is 23.2 Å². The molecule has 5 fully saturated rings. The summed E-state index contributed by atoms with van der Waals surface area (Å²) in [7, 11) is 0. The average molecular weight is 382 g/mol. The molecular weight excluding hydrogens is 350 g/mol. The van der Waals surface area contributed by atoms with E-state index in [1.165, 1.54) is 24.0 Å². The lowest BCUT2D eigenvalue weighted by Gasteiger charge is -2.35. The Morgan fingerprint density at radius 2 is 1.82 bits per heavy atom. The van der Waals surface area contributed by atoms with E-state index in [0.717, 1.165) is 57.4 Å². The summed E-state index contributed by atoms with van der Waals surface area (Å²) in [5.41, 5.74) is 2.49. The molecule has 2 atom stereocenters. The van der Waals surface area contributed by atoms with Crippen LogP contribution in [-0.2, 0) is 16.1 Å². The molecule has 0 spiro atoms. The molecular formula is C23H31N3O2. The van der Waals surface area contributed by atoms with Gasteiger partial charge in [-0.15, -0.1) is 0 Å². The molecule has 1 aromatic carbocycles. The second-order valence-corrected chi connectivity index (χ2v) is 9.58. The second kappa shape index (κ2) is 6.87. The Morgan fingerprint density at radius 1 is 1.11 bits per heavy atom. The highest BCUT2D eigenvalue weighted by Gasteiger charge is 2.66. The van der Waals surface area contributed by atoms with Crippen molar-refractivity contribution in [2.45, 2.75) is 39.2 Å². The van der Waals surface area contributed by atoms with E-state index >= 15 is 0 Å². The molecule has 4 aliphatic carbocycles. The van der Waals surface area contributed by atoms with Crippen LogP contribution in [0.3, 0.4) is 0 Å². The van der Waals surface area contributed by atoms with E-state index in [1.807, 2.05) is 4.90 Å². The molecule has 150 valence electrons. The summed E-state index contributed by atoms with van der Waals surface area (Å²) in [6, 6.07) is 8.62. The first-order chi connectivity index (χ1) is 13.5. The number of hydrogen-bond acceptors (Lipinski definition) is 3. The number of benzene rings is 1. The average Bonchev–Trinajstić information content (AvgIpc) is 3.42. The minimum Gasteiger partial charge on any atom is -0.347 e. The van der Waals surface area contributed by atoms with Gasteiger partial charge in [-0.2, -0.15) is 0 Å². The lowest BCUT2D eigenvalue weighted by molar-refractivity contribution is -0.138. The summed E-state index contributed by atoms with van der Waals surface area (Å²) >= 11 is 0. The van der Waals surface area contributed by atoms with Gasteiger partial charge in [0.05, 0.1) is 12.0 Å². The van der Waals surface area contributed by atoms with Crippen molar-refractivity contribution in [2.75, 3.05) is 32.7 Å². The van der Waals surface area contributed by atoms with Crippen LogP contribution < -0.4 is 5.32 Å². The molecule has 6 rings (SSSR count). The molecule has 2 amide bonds. The Bertz CT molecular complexity index is 770. The number of hydrogen-bond donors (Lipinski definition) is 1. The van der Waals surface area contributed by atoms with Crippen LogP contribution in [0.4, 0.5) is 0 Å². The molecule has 1 heterocycles. The molecule has 4 saturated carbocycles. The molecule has 2 unspecified atom stereocenters. The first-order valence-electron chi connectivity index (χ1n) is 10.9. The fourth-order valence-electron chi connectivity index (χ4n) is 6.55. The predicted octanol–water partition coefficient (Wildman–Crippen LogP) is 2.19. The fraction of sp³-hybridized carbons (Fsp3) is 0.652. The van der Waals surface area contributed by atoms with Gasteiger partial charge in [-0.3, -0.25) is 14.5 Å². The van der Waals surface area contributed by atoms with Crippen LogP contribution >= 0.6 is 0 Å². The third-order valence-corrected chi connectivity index (χ3v) is 7.94. The number of carbonyl (C=O) groups is 2. The molecule has 5 aliphatic rings. The number of nitrogens with one attached hydrogen (secondary N) is 1. The number of carbonyl (C=O) groups excluding carboxylic acids is 2. The molecule has 5 heteroatoms. The highest BCUT2D eigenvalue weighted by molar-refractivity contribution is 5.89. The van der Waals surface area contributed by atoms with E-state index in [9.17, 15) is 9.59 Å². The van der Waals surface area contributed by atoms with E-state index in [1.54, 1.807) is 0 Å². The van der Waals surface area contributed by atoms with Crippen LogP contribution in [-0.4, -0.2) is 54.3 Å². The molecule has 4 bridgehead atoms. The Kier molecular flexibility index (Phi) is 4.46. The SMILES string of the molecule is Cc1cccc(CN2CCN(C(=O)CNC(=O)C34CC5CC3CC5C4)CC2)c1. The van der Waals surface area contributed by atoms with Crippen LogP contribution in [0.25, 0.3) is 0 Å². The van der Waals surface area contributed by atoms with Crippen LogP contribution in [0.1, 0.15) is 36.8 Å². The first kappa shape index (κ1) is 18.2. The van der Waals surface area contributed by atoms with Crippen LogP contribution in [0.5, 0.6) is 0 Å². The zero-order valence-corrected chi connectivity index (χ0v) is 16.8.